The standard InChI is InChI=1S/C23H43N3O6Si/c1-23(2,3)33(5,6)32-18-20-7-8-24-22(25-20)26-9-10-31-21(17-26)19-30-16-15-29-14-13-28-12-11-27-4/h7-8,21H,9-19H2,1-6H3/t21-/m0/s1. The molecule has 0 aliphatic carbocycles. The highest BCUT2D eigenvalue weighted by Crippen LogP contribution is 2.37. The highest BCUT2D eigenvalue weighted by atomic mass is 28.4. The maximum Gasteiger partial charge on any atom is 0.225 e. The normalized spacial score (nSPS) is 17.5. The Bertz CT molecular complexity index is 674. The molecule has 10 heteroatoms. The average Bonchev–Trinajstić information content (AvgIpc) is 2.79. The minimum Gasteiger partial charge on any atom is -0.411 e. The van der Waals surface area contributed by atoms with Gasteiger partial charge >= 0.3 is 0 Å². The van der Waals surface area contributed by atoms with Crippen LogP contribution in [-0.2, 0) is 34.7 Å². The molecule has 0 bridgehead atoms. The molecule has 1 aromatic heterocycles. The van der Waals surface area contributed by atoms with Gasteiger partial charge in [0.15, 0.2) is 8.32 Å². The van der Waals surface area contributed by atoms with Crippen molar-refractivity contribution in [2.24, 2.45) is 0 Å². The fourth-order valence-corrected chi connectivity index (χ4v) is 3.83. The smallest absolute Gasteiger partial charge is 0.225 e. The highest BCUT2D eigenvalue weighted by molar-refractivity contribution is 6.74. The number of anilines is 1. The molecule has 2 heterocycles. The van der Waals surface area contributed by atoms with Crippen molar-refractivity contribution in [1.29, 1.82) is 0 Å². The fraction of sp³-hybridized carbons (Fsp3) is 0.826. The first-order valence-corrected chi connectivity index (χ1v) is 14.7. The molecule has 1 aliphatic rings. The molecule has 1 aliphatic heterocycles. The number of ether oxygens (including phenoxy) is 5. The Morgan fingerprint density at radius 3 is 2.39 bits per heavy atom. The molecule has 0 radical (unpaired) electrons. The quantitative estimate of drug-likeness (QED) is 0.275. The molecule has 0 saturated carbocycles. The summed E-state index contributed by atoms with van der Waals surface area (Å²) in [6.07, 6.45) is 1.79. The van der Waals surface area contributed by atoms with Gasteiger partial charge in [0, 0.05) is 26.4 Å². The monoisotopic (exact) mass is 485 g/mol. The van der Waals surface area contributed by atoms with Crippen LogP contribution in [0.25, 0.3) is 0 Å². The van der Waals surface area contributed by atoms with Crippen LogP contribution < -0.4 is 4.90 Å². The van der Waals surface area contributed by atoms with Crippen molar-refractivity contribution in [2.75, 3.05) is 78.0 Å². The van der Waals surface area contributed by atoms with E-state index in [0.29, 0.717) is 66.0 Å². The van der Waals surface area contributed by atoms with E-state index < -0.39 is 8.32 Å². The van der Waals surface area contributed by atoms with Gasteiger partial charge in [-0.15, -0.1) is 0 Å². The molecule has 1 atom stereocenters. The molecule has 33 heavy (non-hydrogen) atoms. The first-order valence-electron chi connectivity index (χ1n) is 11.8. The Balaban J connectivity index is 1.69. The lowest BCUT2D eigenvalue weighted by molar-refractivity contribution is -0.0420. The number of hydrogen-bond acceptors (Lipinski definition) is 9. The number of hydrogen-bond donors (Lipinski definition) is 0. The van der Waals surface area contributed by atoms with Gasteiger partial charge in [-0.2, -0.15) is 0 Å². The molecule has 1 saturated heterocycles. The zero-order valence-corrected chi connectivity index (χ0v) is 22.3. The number of rotatable bonds is 15. The van der Waals surface area contributed by atoms with Gasteiger partial charge in [0.05, 0.1) is 71.3 Å². The van der Waals surface area contributed by atoms with E-state index in [-0.39, 0.29) is 11.1 Å². The van der Waals surface area contributed by atoms with E-state index in [2.05, 4.69) is 43.7 Å². The van der Waals surface area contributed by atoms with Crippen molar-refractivity contribution in [3.63, 3.8) is 0 Å². The van der Waals surface area contributed by atoms with Crippen molar-refractivity contribution in [1.82, 2.24) is 9.97 Å². The third kappa shape index (κ3) is 10.3. The third-order valence-electron chi connectivity index (χ3n) is 5.99. The van der Waals surface area contributed by atoms with Gasteiger partial charge in [-0.1, -0.05) is 20.8 Å². The van der Waals surface area contributed by atoms with Crippen LogP contribution in [0.15, 0.2) is 12.3 Å². The summed E-state index contributed by atoms with van der Waals surface area (Å²) in [7, 11) is -0.168. The lowest BCUT2D eigenvalue weighted by Gasteiger charge is -2.36. The van der Waals surface area contributed by atoms with E-state index in [1.54, 1.807) is 7.11 Å². The largest absolute Gasteiger partial charge is 0.411 e. The van der Waals surface area contributed by atoms with E-state index in [9.17, 15) is 0 Å². The van der Waals surface area contributed by atoms with Crippen LogP contribution in [0.4, 0.5) is 5.95 Å². The van der Waals surface area contributed by atoms with Gasteiger partial charge < -0.3 is 33.0 Å². The van der Waals surface area contributed by atoms with Crippen molar-refractivity contribution < 1.29 is 28.1 Å². The van der Waals surface area contributed by atoms with E-state index >= 15 is 0 Å². The maximum absolute atomic E-state index is 6.32. The van der Waals surface area contributed by atoms with E-state index in [4.69, 9.17) is 33.1 Å². The Hall–Kier alpha value is -1.14. The molecule has 0 aromatic carbocycles. The van der Waals surface area contributed by atoms with Gasteiger partial charge in [0.2, 0.25) is 5.95 Å². The predicted molar refractivity (Wildman–Crippen MR) is 130 cm³/mol. The second kappa shape index (κ2) is 14.3. The van der Waals surface area contributed by atoms with Gasteiger partial charge in [-0.05, 0) is 24.2 Å². The summed E-state index contributed by atoms with van der Waals surface area (Å²) in [5.74, 6) is 0.719. The molecule has 0 N–H and O–H groups in total. The summed E-state index contributed by atoms with van der Waals surface area (Å²) in [4.78, 5) is 11.4. The van der Waals surface area contributed by atoms with Crippen LogP contribution >= 0.6 is 0 Å². The molecular formula is C23H43N3O6Si. The van der Waals surface area contributed by atoms with Gasteiger partial charge in [-0.3, -0.25) is 0 Å². The summed E-state index contributed by atoms with van der Waals surface area (Å²) in [5, 5.41) is 0.170. The van der Waals surface area contributed by atoms with Crippen LogP contribution in [-0.4, -0.2) is 97.4 Å². The van der Waals surface area contributed by atoms with E-state index in [1.807, 2.05) is 12.3 Å². The van der Waals surface area contributed by atoms with Gasteiger partial charge in [0.25, 0.3) is 0 Å². The van der Waals surface area contributed by atoms with E-state index in [1.165, 1.54) is 0 Å². The zero-order chi connectivity index (χ0) is 24.2. The van der Waals surface area contributed by atoms with Gasteiger partial charge in [0.1, 0.15) is 0 Å². The maximum atomic E-state index is 6.32. The number of methoxy groups -OCH3 is 1. The predicted octanol–water partition coefficient (Wildman–Crippen LogP) is 2.90. The average molecular weight is 486 g/mol. The summed E-state index contributed by atoms with van der Waals surface area (Å²) >= 11 is 0. The molecule has 2 rings (SSSR count). The van der Waals surface area contributed by atoms with Gasteiger partial charge in [-0.25, -0.2) is 9.97 Å². The Labute approximate surface area is 200 Å². The highest BCUT2D eigenvalue weighted by Gasteiger charge is 2.37. The van der Waals surface area contributed by atoms with Crippen LogP contribution in [0, 0.1) is 0 Å². The second-order valence-electron chi connectivity index (χ2n) is 9.63. The Morgan fingerprint density at radius 1 is 1.06 bits per heavy atom. The molecule has 9 nitrogen and oxygen atoms in total. The molecule has 0 unspecified atom stereocenters. The van der Waals surface area contributed by atoms with Crippen molar-refractivity contribution >= 4 is 14.3 Å². The summed E-state index contributed by atoms with van der Waals surface area (Å²) in [6, 6.07) is 1.93. The van der Waals surface area contributed by atoms with Crippen LogP contribution in [0.5, 0.6) is 0 Å². The van der Waals surface area contributed by atoms with Crippen molar-refractivity contribution in [2.45, 2.75) is 51.6 Å². The SMILES string of the molecule is COCCOCCOCCOC[C@@H]1CN(c2nccc(CO[Si](C)(C)C(C)(C)C)n2)CCO1. The summed E-state index contributed by atoms with van der Waals surface area (Å²) in [5.41, 5.74) is 0.910. The van der Waals surface area contributed by atoms with Crippen LogP contribution in [0.2, 0.25) is 18.1 Å². The molecular weight excluding hydrogens is 442 g/mol. The van der Waals surface area contributed by atoms with Crippen molar-refractivity contribution in [3.05, 3.63) is 18.0 Å². The summed E-state index contributed by atoms with van der Waals surface area (Å²) in [6.45, 7) is 17.7. The lowest BCUT2D eigenvalue weighted by Crippen LogP contribution is -2.45. The summed E-state index contributed by atoms with van der Waals surface area (Å²) < 4.78 is 33.7. The zero-order valence-electron chi connectivity index (χ0n) is 21.3. The minimum atomic E-state index is -1.82. The second-order valence-corrected chi connectivity index (χ2v) is 14.4. The number of morpholine rings is 1. The molecule has 190 valence electrons. The number of nitrogens with zero attached hydrogens (tertiary/aromatic N) is 3. The molecule has 1 aromatic rings. The van der Waals surface area contributed by atoms with E-state index in [0.717, 1.165) is 18.2 Å². The number of aromatic nitrogens is 2. The Kier molecular flexibility index (Phi) is 12.2. The molecule has 1 fully saturated rings. The topological polar surface area (TPSA) is 84.4 Å². The van der Waals surface area contributed by atoms with Crippen molar-refractivity contribution in [3.8, 4) is 0 Å². The first-order chi connectivity index (χ1) is 15.7. The van der Waals surface area contributed by atoms with Crippen LogP contribution in [0.1, 0.15) is 26.5 Å². The third-order valence-corrected chi connectivity index (χ3v) is 10.5. The Morgan fingerprint density at radius 2 is 1.73 bits per heavy atom. The fourth-order valence-electron chi connectivity index (χ4n) is 2.89. The minimum absolute atomic E-state index is 0.0214. The molecule has 0 spiro atoms. The molecule has 0 amide bonds. The van der Waals surface area contributed by atoms with Crippen LogP contribution in [0.3, 0.4) is 0 Å². The first kappa shape index (κ1) is 28.1. The lowest BCUT2D eigenvalue weighted by atomic mass is 10.2.